The second-order valence-electron chi connectivity index (χ2n) is 7.13. The van der Waals surface area contributed by atoms with E-state index in [0.717, 1.165) is 44.5 Å². The van der Waals surface area contributed by atoms with Gasteiger partial charge in [0, 0.05) is 45.1 Å². The van der Waals surface area contributed by atoms with Gasteiger partial charge >= 0.3 is 0 Å². The van der Waals surface area contributed by atoms with Crippen LogP contribution in [0.25, 0.3) is 0 Å². The molecule has 2 heterocycles. The van der Waals surface area contributed by atoms with E-state index in [4.69, 9.17) is 23.2 Å². The minimum atomic E-state index is -0.356. The Bertz CT molecular complexity index is 625. The Morgan fingerprint density at radius 2 is 2.12 bits per heavy atom. The van der Waals surface area contributed by atoms with Crippen molar-refractivity contribution in [2.75, 3.05) is 26.2 Å². The highest BCUT2D eigenvalue weighted by molar-refractivity contribution is 6.42. The molecule has 0 unspecified atom stereocenters. The summed E-state index contributed by atoms with van der Waals surface area (Å²) in [5, 5.41) is 11.8. The molecule has 1 amide bonds. The molecule has 1 N–H and O–H groups in total. The van der Waals surface area contributed by atoms with E-state index in [-0.39, 0.29) is 17.4 Å². The van der Waals surface area contributed by atoms with Crippen molar-refractivity contribution in [2.45, 2.75) is 38.8 Å². The molecular weight excluding hydrogens is 347 g/mol. The Labute approximate surface area is 153 Å². The number of likely N-dealkylation sites (tertiary alicyclic amines) is 2. The molecule has 2 fully saturated rings. The summed E-state index contributed by atoms with van der Waals surface area (Å²) in [5.74, 6) is 0.0938. The number of rotatable bonds is 2. The van der Waals surface area contributed by atoms with E-state index in [2.05, 4.69) is 4.90 Å². The van der Waals surface area contributed by atoms with Crippen molar-refractivity contribution in [1.29, 1.82) is 0 Å². The molecule has 24 heavy (non-hydrogen) atoms. The Morgan fingerprint density at radius 1 is 1.33 bits per heavy atom. The topological polar surface area (TPSA) is 43.8 Å². The molecule has 2 atom stereocenters. The van der Waals surface area contributed by atoms with Crippen molar-refractivity contribution in [3.05, 3.63) is 33.8 Å². The Hall–Kier alpha value is -0.810. The normalized spacial score (nSPS) is 28.3. The number of carbonyl (C=O) groups excluding carboxylic acids is 1. The highest BCUT2D eigenvalue weighted by Gasteiger charge is 2.45. The summed E-state index contributed by atoms with van der Waals surface area (Å²) in [7, 11) is 0. The monoisotopic (exact) mass is 370 g/mol. The molecule has 2 aliphatic heterocycles. The van der Waals surface area contributed by atoms with Crippen LogP contribution >= 0.6 is 23.2 Å². The van der Waals surface area contributed by atoms with Crippen molar-refractivity contribution >= 4 is 29.1 Å². The number of nitrogens with zero attached hydrogens (tertiary/aromatic N) is 2. The first-order chi connectivity index (χ1) is 11.4. The van der Waals surface area contributed by atoms with Crippen LogP contribution in [0.3, 0.4) is 0 Å². The second-order valence-corrected chi connectivity index (χ2v) is 7.92. The minimum absolute atomic E-state index is 0.0938. The predicted molar refractivity (Wildman–Crippen MR) is 96.3 cm³/mol. The Morgan fingerprint density at radius 3 is 2.88 bits per heavy atom. The van der Waals surface area contributed by atoms with Crippen LogP contribution in [0.4, 0.5) is 0 Å². The predicted octanol–water partition coefficient (Wildman–Crippen LogP) is 3.19. The molecule has 6 heteroatoms. The summed E-state index contributed by atoms with van der Waals surface area (Å²) < 4.78 is 0. The molecule has 2 aliphatic rings. The summed E-state index contributed by atoms with van der Waals surface area (Å²) in [6.07, 6.45) is 2.27. The van der Waals surface area contributed by atoms with Gasteiger partial charge in [-0.2, -0.15) is 0 Å². The van der Waals surface area contributed by atoms with E-state index in [1.165, 1.54) is 0 Å². The number of carbonyl (C=O) groups is 1. The number of hydrogen-bond donors (Lipinski definition) is 1. The van der Waals surface area contributed by atoms with Crippen LogP contribution < -0.4 is 0 Å². The largest absolute Gasteiger partial charge is 0.392 e. The van der Waals surface area contributed by atoms with Crippen molar-refractivity contribution in [2.24, 2.45) is 5.41 Å². The Balaban J connectivity index is 1.75. The average molecular weight is 371 g/mol. The van der Waals surface area contributed by atoms with Crippen LogP contribution in [-0.4, -0.2) is 53.1 Å². The molecule has 0 bridgehead atoms. The van der Waals surface area contributed by atoms with Gasteiger partial charge in [0.05, 0.1) is 16.1 Å². The molecule has 0 aliphatic carbocycles. The van der Waals surface area contributed by atoms with Gasteiger partial charge in [0.1, 0.15) is 0 Å². The summed E-state index contributed by atoms with van der Waals surface area (Å²) >= 11 is 12.4. The zero-order valence-corrected chi connectivity index (χ0v) is 15.5. The first-order valence-corrected chi connectivity index (χ1v) is 9.26. The number of halogens is 2. The van der Waals surface area contributed by atoms with Crippen LogP contribution in [0.5, 0.6) is 0 Å². The van der Waals surface area contributed by atoms with Crippen LogP contribution in [-0.2, 0) is 11.3 Å². The third-order valence-electron chi connectivity index (χ3n) is 5.44. The fourth-order valence-corrected chi connectivity index (χ4v) is 4.50. The summed E-state index contributed by atoms with van der Waals surface area (Å²) in [6, 6.07) is 5.70. The molecule has 132 valence electrons. The SMILES string of the molecule is CC(=O)N1CCC[C@@]2(CN(Cc3cccc(Cl)c3Cl)CC[C@H]2O)C1. The van der Waals surface area contributed by atoms with Gasteiger partial charge in [0.25, 0.3) is 0 Å². The highest BCUT2D eigenvalue weighted by Crippen LogP contribution is 2.39. The van der Waals surface area contributed by atoms with E-state index in [1.54, 1.807) is 13.0 Å². The standard InChI is InChI=1S/C18H24Cl2N2O2/c1-13(23)22-8-3-7-18(12-22)11-21(9-6-16(18)24)10-14-4-2-5-15(19)17(14)20/h2,4-5,16,24H,3,6-12H2,1H3/t16-,18-/m1/s1. The van der Waals surface area contributed by atoms with Gasteiger partial charge in [-0.1, -0.05) is 35.3 Å². The van der Waals surface area contributed by atoms with Gasteiger partial charge in [-0.25, -0.2) is 0 Å². The van der Waals surface area contributed by atoms with Gasteiger partial charge in [0.15, 0.2) is 0 Å². The number of aliphatic hydroxyl groups is 1. The molecule has 1 spiro atoms. The van der Waals surface area contributed by atoms with E-state index >= 15 is 0 Å². The van der Waals surface area contributed by atoms with Crippen LogP contribution in [0, 0.1) is 5.41 Å². The maximum atomic E-state index is 11.8. The molecule has 0 radical (unpaired) electrons. The van der Waals surface area contributed by atoms with Crippen molar-refractivity contribution in [1.82, 2.24) is 9.80 Å². The van der Waals surface area contributed by atoms with E-state index < -0.39 is 0 Å². The lowest BCUT2D eigenvalue weighted by molar-refractivity contribution is -0.139. The number of aliphatic hydroxyl groups excluding tert-OH is 1. The lowest BCUT2D eigenvalue weighted by atomic mass is 9.71. The second kappa shape index (κ2) is 7.20. The number of piperidine rings is 2. The fourth-order valence-electron chi connectivity index (χ4n) is 4.12. The lowest BCUT2D eigenvalue weighted by Gasteiger charge is -2.51. The maximum Gasteiger partial charge on any atom is 0.219 e. The molecule has 1 aromatic rings. The third-order valence-corrected chi connectivity index (χ3v) is 6.30. The first-order valence-electron chi connectivity index (χ1n) is 8.50. The summed E-state index contributed by atoms with van der Waals surface area (Å²) in [4.78, 5) is 16.0. The zero-order valence-electron chi connectivity index (χ0n) is 14.0. The molecule has 1 aromatic carbocycles. The molecule has 0 saturated carbocycles. The van der Waals surface area contributed by atoms with Gasteiger partial charge in [-0.15, -0.1) is 0 Å². The van der Waals surface area contributed by atoms with E-state index in [0.29, 0.717) is 23.1 Å². The zero-order chi connectivity index (χ0) is 17.3. The quantitative estimate of drug-likeness (QED) is 0.869. The molecule has 3 rings (SSSR count). The lowest BCUT2D eigenvalue weighted by Crippen LogP contribution is -2.59. The van der Waals surface area contributed by atoms with Crippen LogP contribution in [0.1, 0.15) is 31.7 Å². The molecule has 2 saturated heterocycles. The number of hydrogen-bond acceptors (Lipinski definition) is 3. The van der Waals surface area contributed by atoms with Gasteiger partial charge in [-0.05, 0) is 30.9 Å². The number of amides is 1. The van der Waals surface area contributed by atoms with Crippen molar-refractivity contribution < 1.29 is 9.90 Å². The van der Waals surface area contributed by atoms with E-state index in [1.807, 2.05) is 17.0 Å². The van der Waals surface area contributed by atoms with Crippen molar-refractivity contribution in [3.8, 4) is 0 Å². The minimum Gasteiger partial charge on any atom is -0.392 e. The van der Waals surface area contributed by atoms with Crippen LogP contribution in [0.2, 0.25) is 10.0 Å². The van der Waals surface area contributed by atoms with Gasteiger partial charge in [0.2, 0.25) is 5.91 Å². The smallest absolute Gasteiger partial charge is 0.219 e. The highest BCUT2D eigenvalue weighted by atomic mass is 35.5. The Kier molecular flexibility index (Phi) is 5.40. The molecular formula is C18H24Cl2N2O2. The average Bonchev–Trinajstić information content (AvgIpc) is 2.55. The molecule has 4 nitrogen and oxygen atoms in total. The van der Waals surface area contributed by atoms with Crippen LogP contribution in [0.15, 0.2) is 18.2 Å². The van der Waals surface area contributed by atoms with Gasteiger partial charge in [-0.3, -0.25) is 9.69 Å². The summed E-state index contributed by atoms with van der Waals surface area (Å²) in [6.45, 7) is 5.37. The van der Waals surface area contributed by atoms with Gasteiger partial charge < -0.3 is 10.0 Å². The third kappa shape index (κ3) is 3.57. The summed E-state index contributed by atoms with van der Waals surface area (Å²) in [5.41, 5.74) is 0.780. The fraction of sp³-hybridized carbons (Fsp3) is 0.611. The van der Waals surface area contributed by atoms with E-state index in [9.17, 15) is 9.90 Å². The number of benzene rings is 1. The molecule has 0 aromatic heterocycles. The first kappa shape index (κ1) is 18.0. The van der Waals surface area contributed by atoms with Crippen molar-refractivity contribution in [3.63, 3.8) is 0 Å². The maximum absolute atomic E-state index is 11.8.